The summed E-state index contributed by atoms with van der Waals surface area (Å²) < 4.78 is 0. The summed E-state index contributed by atoms with van der Waals surface area (Å²) in [5.74, 6) is 0.308. The Labute approximate surface area is 119 Å². The molecule has 0 heterocycles. The van der Waals surface area contributed by atoms with Crippen molar-refractivity contribution in [2.24, 2.45) is 5.92 Å². The summed E-state index contributed by atoms with van der Waals surface area (Å²) in [7, 11) is 0. The lowest BCUT2D eigenvalue weighted by Crippen LogP contribution is -2.30. The van der Waals surface area contributed by atoms with E-state index in [9.17, 15) is 15.2 Å². The van der Waals surface area contributed by atoms with Crippen molar-refractivity contribution >= 4 is 5.69 Å². The minimum absolute atomic E-state index is 0.0997. The Kier molecular flexibility index (Phi) is 5.09. The molecule has 1 saturated carbocycles. The highest BCUT2D eigenvalue weighted by molar-refractivity contribution is 5.35. The van der Waals surface area contributed by atoms with Crippen LogP contribution in [-0.2, 0) is 0 Å². The van der Waals surface area contributed by atoms with Crippen molar-refractivity contribution in [3.05, 3.63) is 39.9 Å². The summed E-state index contributed by atoms with van der Waals surface area (Å²) in [4.78, 5) is 10.5. The van der Waals surface area contributed by atoms with Crippen LogP contribution in [0.4, 0.5) is 5.69 Å². The number of non-ortho nitro benzene ring substituents is 1. The predicted molar refractivity (Wildman–Crippen MR) is 77.5 cm³/mol. The maximum atomic E-state index is 10.8. The fourth-order valence-corrected chi connectivity index (χ4v) is 2.90. The summed E-state index contributed by atoms with van der Waals surface area (Å²) in [5, 5.41) is 24.1. The van der Waals surface area contributed by atoms with Crippen LogP contribution in [0.3, 0.4) is 0 Å². The topological polar surface area (TPSA) is 75.4 Å². The number of nitro groups is 1. The zero-order chi connectivity index (χ0) is 14.5. The van der Waals surface area contributed by atoms with Gasteiger partial charge in [0.15, 0.2) is 0 Å². The van der Waals surface area contributed by atoms with Crippen LogP contribution in [-0.4, -0.2) is 22.7 Å². The Balaban J connectivity index is 2.00. The quantitative estimate of drug-likeness (QED) is 0.619. The number of hydrogen-bond donors (Lipinski definition) is 2. The standard InChI is InChI=1S/C15H22N2O3/c1-2-14(16-10-12-6-4-8-15(12)18)11-5-3-7-13(9-11)17(19)20/h3,5,7,9,12,14-16,18H,2,4,6,8,10H2,1H3. The molecule has 1 fully saturated rings. The number of aliphatic hydroxyl groups is 1. The minimum Gasteiger partial charge on any atom is -0.393 e. The van der Waals surface area contributed by atoms with E-state index < -0.39 is 0 Å². The second-order valence-electron chi connectivity index (χ2n) is 5.48. The van der Waals surface area contributed by atoms with E-state index in [1.54, 1.807) is 12.1 Å². The van der Waals surface area contributed by atoms with E-state index in [2.05, 4.69) is 12.2 Å². The average molecular weight is 278 g/mol. The van der Waals surface area contributed by atoms with Gasteiger partial charge in [-0.25, -0.2) is 0 Å². The molecule has 0 amide bonds. The zero-order valence-corrected chi connectivity index (χ0v) is 11.8. The van der Waals surface area contributed by atoms with Gasteiger partial charge in [0, 0.05) is 24.7 Å². The molecule has 0 aromatic heterocycles. The zero-order valence-electron chi connectivity index (χ0n) is 11.8. The Morgan fingerprint density at radius 1 is 1.50 bits per heavy atom. The Morgan fingerprint density at radius 3 is 2.90 bits per heavy atom. The number of rotatable bonds is 6. The first kappa shape index (κ1) is 14.9. The van der Waals surface area contributed by atoms with Gasteiger partial charge >= 0.3 is 0 Å². The molecule has 0 bridgehead atoms. The highest BCUT2D eigenvalue weighted by Crippen LogP contribution is 2.27. The Morgan fingerprint density at radius 2 is 2.30 bits per heavy atom. The SMILES string of the molecule is CCC(NCC1CCCC1O)c1cccc([N+](=O)[O-])c1. The summed E-state index contributed by atoms with van der Waals surface area (Å²) >= 11 is 0. The van der Waals surface area contributed by atoms with Gasteiger partial charge in [0.25, 0.3) is 5.69 Å². The van der Waals surface area contributed by atoms with Crippen molar-refractivity contribution in [3.8, 4) is 0 Å². The van der Waals surface area contributed by atoms with Crippen LogP contribution in [0.5, 0.6) is 0 Å². The number of aliphatic hydroxyl groups excluding tert-OH is 1. The summed E-state index contributed by atoms with van der Waals surface area (Å²) in [5.41, 5.74) is 1.07. The molecule has 5 heteroatoms. The van der Waals surface area contributed by atoms with Crippen molar-refractivity contribution in [1.82, 2.24) is 5.32 Å². The molecule has 3 unspecified atom stereocenters. The largest absolute Gasteiger partial charge is 0.393 e. The summed E-state index contributed by atoms with van der Waals surface area (Å²) in [6.45, 7) is 2.82. The van der Waals surface area contributed by atoms with Gasteiger partial charge in [-0.1, -0.05) is 25.5 Å². The van der Waals surface area contributed by atoms with Crippen molar-refractivity contribution < 1.29 is 10.0 Å². The number of nitrogens with zero attached hydrogens (tertiary/aromatic N) is 1. The number of nitrogens with one attached hydrogen (secondary N) is 1. The van der Waals surface area contributed by atoms with E-state index in [4.69, 9.17) is 0 Å². The number of nitro benzene ring substituents is 1. The van der Waals surface area contributed by atoms with Gasteiger partial charge < -0.3 is 10.4 Å². The molecule has 2 N–H and O–H groups in total. The first-order valence-electron chi connectivity index (χ1n) is 7.27. The molecule has 1 aromatic carbocycles. The van der Waals surface area contributed by atoms with E-state index in [0.717, 1.165) is 37.8 Å². The Bertz CT molecular complexity index is 464. The maximum Gasteiger partial charge on any atom is 0.269 e. The lowest BCUT2D eigenvalue weighted by molar-refractivity contribution is -0.384. The molecule has 0 spiro atoms. The molecule has 0 radical (unpaired) electrons. The molecule has 1 aliphatic carbocycles. The van der Waals surface area contributed by atoms with Gasteiger partial charge in [0.2, 0.25) is 0 Å². The lowest BCUT2D eigenvalue weighted by atomic mass is 10.0. The Hall–Kier alpha value is -1.46. The van der Waals surface area contributed by atoms with Crippen LogP contribution in [0.15, 0.2) is 24.3 Å². The van der Waals surface area contributed by atoms with Crippen LogP contribution in [0.25, 0.3) is 0 Å². The molecular formula is C15H22N2O3. The van der Waals surface area contributed by atoms with Gasteiger partial charge in [-0.05, 0) is 30.7 Å². The van der Waals surface area contributed by atoms with Gasteiger partial charge in [0.05, 0.1) is 11.0 Å². The molecular weight excluding hydrogens is 256 g/mol. The smallest absolute Gasteiger partial charge is 0.269 e. The second kappa shape index (κ2) is 6.81. The van der Waals surface area contributed by atoms with Crippen LogP contribution in [0.2, 0.25) is 0 Å². The molecule has 0 saturated heterocycles. The first-order valence-corrected chi connectivity index (χ1v) is 7.27. The second-order valence-corrected chi connectivity index (χ2v) is 5.48. The minimum atomic E-state index is -0.364. The molecule has 0 aliphatic heterocycles. The van der Waals surface area contributed by atoms with Crippen molar-refractivity contribution in [2.45, 2.75) is 44.8 Å². The van der Waals surface area contributed by atoms with Crippen LogP contribution in [0, 0.1) is 16.0 Å². The third kappa shape index (κ3) is 3.55. The third-order valence-electron chi connectivity index (χ3n) is 4.14. The van der Waals surface area contributed by atoms with Crippen molar-refractivity contribution in [1.29, 1.82) is 0 Å². The summed E-state index contributed by atoms with van der Waals surface area (Å²) in [6, 6.07) is 6.88. The first-order chi connectivity index (χ1) is 9.61. The van der Waals surface area contributed by atoms with Gasteiger partial charge in [0.1, 0.15) is 0 Å². The molecule has 110 valence electrons. The number of benzene rings is 1. The summed E-state index contributed by atoms with van der Waals surface area (Å²) in [6.07, 6.45) is 3.69. The van der Waals surface area contributed by atoms with Gasteiger partial charge in [-0.2, -0.15) is 0 Å². The highest BCUT2D eigenvalue weighted by atomic mass is 16.6. The number of hydrogen-bond acceptors (Lipinski definition) is 4. The van der Waals surface area contributed by atoms with E-state index in [1.165, 1.54) is 6.07 Å². The monoisotopic (exact) mass is 278 g/mol. The van der Waals surface area contributed by atoms with Gasteiger partial charge in [-0.15, -0.1) is 0 Å². The molecule has 20 heavy (non-hydrogen) atoms. The van der Waals surface area contributed by atoms with Crippen LogP contribution in [0.1, 0.15) is 44.2 Å². The van der Waals surface area contributed by atoms with Crippen LogP contribution >= 0.6 is 0 Å². The highest BCUT2D eigenvalue weighted by Gasteiger charge is 2.25. The lowest BCUT2D eigenvalue weighted by Gasteiger charge is -2.21. The maximum absolute atomic E-state index is 10.8. The van der Waals surface area contributed by atoms with Crippen LogP contribution < -0.4 is 5.32 Å². The normalized spacial score (nSPS) is 23.7. The third-order valence-corrected chi connectivity index (χ3v) is 4.14. The van der Waals surface area contributed by atoms with E-state index in [1.807, 2.05) is 6.07 Å². The van der Waals surface area contributed by atoms with Crippen molar-refractivity contribution in [3.63, 3.8) is 0 Å². The van der Waals surface area contributed by atoms with Gasteiger partial charge in [-0.3, -0.25) is 10.1 Å². The molecule has 3 atom stereocenters. The fraction of sp³-hybridized carbons (Fsp3) is 0.600. The average Bonchev–Trinajstić information content (AvgIpc) is 2.85. The van der Waals surface area contributed by atoms with Crippen molar-refractivity contribution in [2.75, 3.05) is 6.54 Å². The molecule has 2 rings (SSSR count). The molecule has 1 aliphatic rings. The molecule has 1 aromatic rings. The predicted octanol–water partition coefficient (Wildman–Crippen LogP) is 2.80. The van der Waals surface area contributed by atoms with E-state index in [-0.39, 0.29) is 22.8 Å². The van der Waals surface area contributed by atoms with E-state index in [0.29, 0.717) is 5.92 Å². The van der Waals surface area contributed by atoms with E-state index >= 15 is 0 Å². The molecule has 5 nitrogen and oxygen atoms in total. The fourth-order valence-electron chi connectivity index (χ4n) is 2.90.